The predicted molar refractivity (Wildman–Crippen MR) is 41.3 cm³/mol. The van der Waals surface area contributed by atoms with Gasteiger partial charge in [-0.05, 0) is 19.4 Å². The molecule has 3 nitrogen and oxygen atoms in total. The summed E-state index contributed by atoms with van der Waals surface area (Å²) in [6, 6.07) is 0.256. The second-order valence-electron chi connectivity index (χ2n) is 2.98. The first-order valence-corrected chi connectivity index (χ1v) is 3.97. The smallest absolute Gasteiger partial charge is 0.199 e. The van der Waals surface area contributed by atoms with E-state index in [0.29, 0.717) is 6.42 Å². The van der Waals surface area contributed by atoms with Gasteiger partial charge in [-0.25, -0.2) is 0 Å². The van der Waals surface area contributed by atoms with Crippen LogP contribution in [-0.2, 0) is 9.59 Å². The maximum Gasteiger partial charge on any atom is 0.199 e. The Labute approximate surface area is 66.2 Å². The van der Waals surface area contributed by atoms with Gasteiger partial charge in [-0.3, -0.25) is 9.59 Å². The number of hydrogen-bond donors (Lipinski definition) is 1. The molecule has 0 aromatic heterocycles. The highest BCUT2D eigenvalue weighted by molar-refractivity contribution is 6.36. The van der Waals surface area contributed by atoms with Crippen LogP contribution in [0.5, 0.6) is 0 Å². The Morgan fingerprint density at radius 1 is 1.55 bits per heavy atom. The lowest BCUT2D eigenvalue weighted by atomic mass is 10.1. The Hall–Kier alpha value is -0.700. The lowest BCUT2D eigenvalue weighted by Crippen LogP contribution is -2.26. The van der Waals surface area contributed by atoms with E-state index in [1.807, 2.05) is 0 Å². The van der Waals surface area contributed by atoms with Gasteiger partial charge < -0.3 is 5.32 Å². The normalized spacial score (nSPS) is 23.5. The quantitative estimate of drug-likeness (QED) is 0.596. The van der Waals surface area contributed by atoms with Crippen LogP contribution in [0.15, 0.2) is 0 Å². The van der Waals surface area contributed by atoms with Crippen LogP contribution in [-0.4, -0.2) is 24.2 Å². The number of rotatable bonds is 3. The first-order valence-electron chi connectivity index (χ1n) is 3.97. The molecule has 0 spiro atoms. The average molecular weight is 155 g/mol. The third kappa shape index (κ3) is 2.42. The van der Waals surface area contributed by atoms with E-state index in [0.717, 1.165) is 19.4 Å². The number of hydrogen-bond acceptors (Lipinski definition) is 3. The summed E-state index contributed by atoms with van der Waals surface area (Å²) in [5.74, 6) is -0.567. The third-order valence-electron chi connectivity index (χ3n) is 1.99. The van der Waals surface area contributed by atoms with Crippen LogP contribution in [0.25, 0.3) is 0 Å². The van der Waals surface area contributed by atoms with E-state index in [2.05, 4.69) is 5.32 Å². The summed E-state index contributed by atoms with van der Waals surface area (Å²) in [5, 5.41) is 3.17. The van der Waals surface area contributed by atoms with Gasteiger partial charge in [0.1, 0.15) is 0 Å². The van der Waals surface area contributed by atoms with E-state index in [1.165, 1.54) is 6.92 Å². The molecule has 0 bridgehead atoms. The second kappa shape index (κ2) is 3.62. The van der Waals surface area contributed by atoms with E-state index >= 15 is 0 Å². The van der Waals surface area contributed by atoms with Crippen LogP contribution < -0.4 is 5.32 Å². The van der Waals surface area contributed by atoms with Crippen molar-refractivity contribution >= 4 is 11.6 Å². The van der Waals surface area contributed by atoms with Gasteiger partial charge in [0.15, 0.2) is 11.6 Å². The van der Waals surface area contributed by atoms with Gasteiger partial charge in [0.25, 0.3) is 0 Å². The SMILES string of the molecule is CC(=O)C(=O)CC1CCCN1. The molecule has 1 fully saturated rings. The lowest BCUT2D eigenvalue weighted by molar-refractivity contribution is -0.135. The summed E-state index contributed by atoms with van der Waals surface area (Å²) in [6.45, 7) is 2.31. The van der Waals surface area contributed by atoms with E-state index in [1.54, 1.807) is 0 Å². The van der Waals surface area contributed by atoms with Gasteiger partial charge in [-0.15, -0.1) is 0 Å². The summed E-state index contributed by atoms with van der Waals surface area (Å²) in [4.78, 5) is 21.5. The maximum absolute atomic E-state index is 10.9. The first-order chi connectivity index (χ1) is 5.20. The molecular weight excluding hydrogens is 142 g/mol. The van der Waals surface area contributed by atoms with E-state index in [9.17, 15) is 9.59 Å². The summed E-state index contributed by atoms with van der Waals surface area (Å²) < 4.78 is 0. The van der Waals surface area contributed by atoms with E-state index in [4.69, 9.17) is 0 Å². The van der Waals surface area contributed by atoms with Crippen LogP contribution >= 0.6 is 0 Å². The third-order valence-corrected chi connectivity index (χ3v) is 1.99. The number of Topliss-reactive ketones (excluding diaryl/α,β-unsaturated/α-hetero) is 2. The largest absolute Gasteiger partial charge is 0.314 e. The predicted octanol–water partition coefficient (Wildman–Crippen LogP) is 0.287. The minimum atomic E-state index is -0.321. The first kappa shape index (κ1) is 8.40. The molecular formula is C8H13NO2. The molecule has 11 heavy (non-hydrogen) atoms. The highest BCUT2D eigenvalue weighted by Crippen LogP contribution is 2.08. The Kier molecular flexibility index (Phi) is 2.76. The summed E-state index contributed by atoms with van der Waals surface area (Å²) >= 11 is 0. The molecule has 1 heterocycles. The fraction of sp³-hybridized carbons (Fsp3) is 0.750. The molecule has 1 saturated heterocycles. The molecule has 0 amide bonds. The Balaban J connectivity index is 2.29. The van der Waals surface area contributed by atoms with Gasteiger partial charge >= 0.3 is 0 Å². The number of ketones is 2. The number of nitrogens with one attached hydrogen (secondary N) is 1. The molecule has 0 aromatic rings. The monoisotopic (exact) mass is 155 g/mol. The van der Waals surface area contributed by atoms with Crippen molar-refractivity contribution in [2.45, 2.75) is 32.2 Å². The van der Waals surface area contributed by atoms with Crippen LogP contribution in [0.3, 0.4) is 0 Å². The molecule has 1 aliphatic rings. The average Bonchev–Trinajstić information content (AvgIpc) is 2.39. The van der Waals surface area contributed by atoms with Crippen molar-refractivity contribution in [2.24, 2.45) is 0 Å². The van der Waals surface area contributed by atoms with Crippen molar-refractivity contribution in [1.29, 1.82) is 0 Å². The maximum atomic E-state index is 10.9. The number of carbonyl (C=O) groups excluding carboxylic acids is 2. The molecule has 1 rings (SSSR count). The van der Waals surface area contributed by atoms with Gasteiger partial charge in [0.2, 0.25) is 0 Å². The van der Waals surface area contributed by atoms with Crippen LogP contribution in [0, 0.1) is 0 Å². The Morgan fingerprint density at radius 3 is 2.73 bits per heavy atom. The van der Waals surface area contributed by atoms with Crippen LogP contribution in [0.1, 0.15) is 26.2 Å². The van der Waals surface area contributed by atoms with Crippen molar-refractivity contribution in [3.63, 3.8) is 0 Å². The van der Waals surface area contributed by atoms with Crippen molar-refractivity contribution < 1.29 is 9.59 Å². The molecule has 0 radical (unpaired) electrons. The van der Waals surface area contributed by atoms with Crippen molar-refractivity contribution in [2.75, 3.05) is 6.54 Å². The highest BCUT2D eigenvalue weighted by atomic mass is 16.2. The molecule has 0 aromatic carbocycles. The number of carbonyl (C=O) groups is 2. The molecule has 1 N–H and O–H groups in total. The van der Waals surface area contributed by atoms with E-state index in [-0.39, 0.29) is 17.6 Å². The fourth-order valence-corrected chi connectivity index (χ4v) is 1.30. The highest BCUT2D eigenvalue weighted by Gasteiger charge is 2.19. The van der Waals surface area contributed by atoms with Crippen molar-refractivity contribution in [3.05, 3.63) is 0 Å². The fourth-order valence-electron chi connectivity index (χ4n) is 1.30. The van der Waals surface area contributed by atoms with Gasteiger partial charge in [-0.1, -0.05) is 0 Å². The molecule has 1 atom stereocenters. The van der Waals surface area contributed by atoms with Gasteiger partial charge in [0, 0.05) is 19.4 Å². The topological polar surface area (TPSA) is 46.2 Å². The van der Waals surface area contributed by atoms with Gasteiger partial charge in [0.05, 0.1) is 0 Å². The van der Waals surface area contributed by atoms with Gasteiger partial charge in [-0.2, -0.15) is 0 Å². The summed E-state index contributed by atoms with van der Waals surface area (Å²) in [7, 11) is 0. The van der Waals surface area contributed by atoms with Crippen molar-refractivity contribution in [1.82, 2.24) is 5.32 Å². The molecule has 1 unspecified atom stereocenters. The zero-order valence-electron chi connectivity index (χ0n) is 6.72. The minimum absolute atomic E-state index is 0.246. The molecule has 0 saturated carbocycles. The molecule has 62 valence electrons. The zero-order valence-corrected chi connectivity index (χ0v) is 6.72. The zero-order chi connectivity index (χ0) is 8.27. The Morgan fingerprint density at radius 2 is 2.27 bits per heavy atom. The lowest BCUT2D eigenvalue weighted by Gasteiger charge is -2.05. The van der Waals surface area contributed by atoms with Crippen molar-refractivity contribution in [3.8, 4) is 0 Å². The van der Waals surface area contributed by atoms with Crippen LogP contribution in [0.2, 0.25) is 0 Å². The van der Waals surface area contributed by atoms with E-state index < -0.39 is 0 Å². The minimum Gasteiger partial charge on any atom is -0.314 e. The van der Waals surface area contributed by atoms with Crippen LogP contribution in [0.4, 0.5) is 0 Å². The Bertz CT molecular complexity index is 171. The second-order valence-corrected chi connectivity index (χ2v) is 2.98. The summed E-state index contributed by atoms with van der Waals surface area (Å²) in [5.41, 5.74) is 0. The molecule has 0 aliphatic carbocycles. The summed E-state index contributed by atoms with van der Waals surface area (Å²) in [6.07, 6.45) is 2.53. The standard InChI is InChI=1S/C8H13NO2/c1-6(10)8(11)5-7-3-2-4-9-7/h7,9H,2-5H2,1H3. The molecule has 3 heteroatoms. The molecule has 1 aliphatic heterocycles.